The van der Waals surface area contributed by atoms with Crippen LogP contribution < -0.4 is 4.57 Å². The Morgan fingerprint density at radius 2 is 1.59 bits per heavy atom. The smallest absolute Gasteiger partial charge is 0.243 e. The van der Waals surface area contributed by atoms with E-state index >= 15 is 0 Å². The largest absolute Gasteiger partial charge is 0.726 e. The number of imidazole rings is 1. The molecule has 0 spiro atoms. The maximum atomic E-state index is 12.9. The Balaban J connectivity index is 0.000000309. The topological polar surface area (TPSA) is 75.2 Å². The Bertz CT molecular complexity index is 858. The molecule has 0 radical (unpaired) electrons. The van der Waals surface area contributed by atoms with Gasteiger partial charge in [0.05, 0.1) is 25.8 Å². The van der Waals surface area contributed by atoms with Gasteiger partial charge in [-0.15, -0.1) is 0 Å². The van der Waals surface area contributed by atoms with Crippen molar-refractivity contribution in [2.24, 2.45) is 7.05 Å². The average molecular weight is 416 g/mol. The Morgan fingerprint density at radius 3 is 2.00 bits per heavy atom. The second kappa shape index (κ2) is 9.76. The van der Waals surface area contributed by atoms with Gasteiger partial charge in [0.1, 0.15) is 12.4 Å². The monoisotopic (exact) mass is 416 g/mol. The van der Waals surface area contributed by atoms with Gasteiger partial charge in [-0.2, -0.15) is 0 Å². The van der Waals surface area contributed by atoms with Gasteiger partial charge in [0.15, 0.2) is 23.3 Å². The highest BCUT2D eigenvalue weighted by Gasteiger charge is 2.25. The van der Waals surface area contributed by atoms with Gasteiger partial charge >= 0.3 is 0 Å². The van der Waals surface area contributed by atoms with Gasteiger partial charge in [0.25, 0.3) is 0 Å². The van der Waals surface area contributed by atoms with Crippen molar-refractivity contribution in [3.63, 3.8) is 0 Å². The molecule has 27 heavy (non-hydrogen) atoms. The third kappa shape index (κ3) is 6.88. The van der Waals surface area contributed by atoms with E-state index in [4.69, 9.17) is 0 Å². The van der Waals surface area contributed by atoms with Crippen LogP contribution in [0.25, 0.3) is 0 Å². The van der Waals surface area contributed by atoms with Crippen LogP contribution >= 0.6 is 0 Å². The van der Waals surface area contributed by atoms with Crippen molar-refractivity contribution >= 4 is 10.4 Å². The Morgan fingerprint density at radius 1 is 1.07 bits per heavy atom. The molecule has 6 nitrogen and oxygen atoms in total. The van der Waals surface area contributed by atoms with Crippen molar-refractivity contribution in [1.82, 2.24) is 4.57 Å². The molecule has 0 aliphatic heterocycles. The number of aryl methyl sites for hydroxylation is 2. The van der Waals surface area contributed by atoms with Crippen molar-refractivity contribution in [1.29, 1.82) is 0 Å². The fourth-order valence-electron chi connectivity index (χ4n) is 1.88. The number of halogens is 5. The van der Waals surface area contributed by atoms with E-state index in [1.807, 2.05) is 7.05 Å². The summed E-state index contributed by atoms with van der Waals surface area (Å²) in [6.45, 7) is 1.78. The van der Waals surface area contributed by atoms with Gasteiger partial charge in [-0.3, -0.25) is 4.18 Å². The molecule has 0 bridgehead atoms. The molecule has 2 aromatic rings. The summed E-state index contributed by atoms with van der Waals surface area (Å²) in [5, 5.41) is 0. The summed E-state index contributed by atoms with van der Waals surface area (Å²) in [5.74, 6) is -11.4. The Hall–Kier alpha value is -2.05. The number of hydrogen-bond donors (Lipinski definition) is 0. The van der Waals surface area contributed by atoms with E-state index < -0.39 is 51.7 Å². The maximum absolute atomic E-state index is 12.9. The molecule has 0 unspecified atom stereocenters. The molecule has 0 saturated heterocycles. The molecule has 0 amide bonds. The fraction of sp³-hybridized carbons (Fsp3) is 0.400. The Labute approximate surface area is 152 Å². The SMILES string of the molecule is CCCCn1cc[n+](C)c1.O=S(=O)([O-])OCc1c(F)c(F)c(F)c(F)c1F. The second-order valence-electron chi connectivity index (χ2n) is 5.39. The van der Waals surface area contributed by atoms with E-state index in [1.165, 1.54) is 12.8 Å². The van der Waals surface area contributed by atoms with Gasteiger partial charge in [0, 0.05) is 0 Å². The molecule has 0 saturated carbocycles. The van der Waals surface area contributed by atoms with E-state index in [1.54, 1.807) is 0 Å². The van der Waals surface area contributed by atoms with Crippen LogP contribution in [-0.2, 0) is 34.8 Å². The summed E-state index contributed by atoms with van der Waals surface area (Å²) in [7, 11) is -3.27. The summed E-state index contributed by atoms with van der Waals surface area (Å²) in [6.07, 6.45) is 8.82. The second-order valence-corrected chi connectivity index (χ2v) is 6.44. The minimum absolute atomic E-state index is 1.15. The first kappa shape index (κ1) is 23.0. The maximum Gasteiger partial charge on any atom is 0.243 e. The van der Waals surface area contributed by atoms with E-state index in [-0.39, 0.29) is 0 Å². The molecule has 1 aromatic heterocycles. The van der Waals surface area contributed by atoms with Crippen molar-refractivity contribution < 1.29 is 43.7 Å². The number of benzene rings is 1. The minimum Gasteiger partial charge on any atom is -0.726 e. The first-order valence-electron chi connectivity index (χ1n) is 7.59. The van der Waals surface area contributed by atoms with Crippen LogP contribution in [0.3, 0.4) is 0 Å². The highest BCUT2D eigenvalue weighted by atomic mass is 32.3. The predicted octanol–water partition coefficient (Wildman–Crippen LogP) is 2.47. The Kier molecular flexibility index (Phi) is 8.31. The summed E-state index contributed by atoms with van der Waals surface area (Å²) in [4.78, 5) is 0. The van der Waals surface area contributed by atoms with Crippen LogP contribution in [0, 0.1) is 29.1 Å². The molecule has 152 valence electrons. The first-order chi connectivity index (χ1) is 12.5. The molecule has 0 aliphatic carbocycles. The number of unbranched alkanes of at least 4 members (excludes halogenated alkanes) is 1. The fourth-order valence-corrected chi connectivity index (χ4v) is 2.15. The predicted molar refractivity (Wildman–Crippen MR) is 81.2 cm³/mol. The highest BCUT2D eigenvalue weighted by Crippen LogP contribution is 2.23. The standard InChI is InChI=1S/C8H15N2.C7H3F5O4S/c1-3-4-5-10-7-6-9(2)8-10;8-3-2(1-16-17(13,14)15)4(9)6(11)7(12)5(3)10/h6-8H,3-5H2,1-2H3;1H2,(H,13,14,15)/q+1;/p-1. The van der Waals surface area contributed by atoms with Crippen molar-refractivity contribution in [2.75, 3.05) is 0 Å². The van der Waals surface area contributed by atoms with Crippen LogP contribution in [-0.4, -0.2) is 17.5 Å². The molecule has 2 rings (SSSR count). The van der Waals surface area contributed by atoms with Gasteiger partial charge in [0.2, 0.25) is 22.5 Å². The summed E-state index contributed by atoms with van der Waals surface area (Å²) in [6, 6.07) is 0. The van der Waals surface area contributed by atoms with E-state index in [2.05, 4.69) is 39.0 Å². The molecular weight excluding hydrogens is 399 g/mol. The minimum atomic E-state index is -5.31. The molecular formula is C15H17F5N2O4S. The van der Waals surface area contributed by atoms with Gasteiger partial charge in [-0.25, -0.2) is 39.5 Å². The summed E-state index contributed by atoms with van der Waals surface area (Å²) < 4.78 is 101. The van der Waals surface area contributed by atoms with Gasteiger partial charge in [-0.05, 0) is 6.42 Å². The van der Waals surface area contributed by atoms with E-state index in [0.717, 1.165) is 6.54 Å². The third-order valence-electron chi connectivity index (χ3n) is 3.24. The molecule has 0 atom stereocenters. The van der Waals surface area contributed by atoms with Crippen molar-refractivity contribution in [3.8, 4) is 0 Å². The molecule has 1 heterocycles. The lowest BCUT2D eigenvalue weighted by Crippen LogP contribution is -2.23. The van der Waals surface area contributed by atoms with E-state index in [0.29, 0.717) is 0 Å². The van der Waals surface area contributed by atoms with E-state index in [9.17, 15) is 34.9 Å². The quantitative estimate of drug-likeness (QED) is 0.181. The lowest BCUT2D eigenvalue weighted by atomic mass is 10.2. The van der Waals surface area contributed by atoms with Gasteiger partial charge < -0.3 is 4.55 Å². The zero-order chi connectivity index (χ0) is 20.8. The third-order valence-corrected chi connectivity index (χ3v) is 3.65. The molecule has 0 fully saturated rings. The molecule has 0 N–H and O–H groups in total. The molecule has 12 heteroatoms. The summed E-state index contributed by atoms with van der Waals surface area (Å²) in [5.41, 5.74) is -1.54. The average Bonchev–Trinajstić information content (AvgIpc) is 3.01. The lowest BCUT2D eigenvalue weighted by Gasteiger charge is -2.10. The number of aromatic nitrogens is 2. The van der Waals surface area contributed by atoms with Crippen LogP contribution in [0.5, 0.6) is 0 Å². The van der Waals surface area contributed by atoms with Crippen LogP contribution in [0.1, 0.15) is 25.3 Å². The molecule has 0 aliphatic rings. The lowest BCUT2D eigenvalue weighted by molar-refractivity contribution is -0.671. The number of hydrogen-bond acceptors (Lipinski definition) is 4. The van der Waals surface area contributed by atoms with Crippen LogP contribution in [0.4, 0.5) is 22.0 Å². The van der Waals surface area contributed by atoms with Gasteiger partial charge in [-0.1, -0.05) is 13.3 Å². The highest BCUT2D eigenvalue weighted by molar-refractivity contribution is 7.80. The first-order valence-corrected chi connectivity index (χ1v) is 8.92. The zero-order valence-electron chi connectivity index (χ0n) is 14.4. The summed E-state index contributed by atoms with van der Waals surface area (Å²) >= 11 is 0. The van der Waals surface area contributed by atoms with Crippen LogP contribution in [0.15, 0.2) is 18.7 Å². The van der Waals surface area contributed by atoms with Crippen LogP contribution in [0.2, 0.25) is 0 Å². The van der Waals surface area contributed by atoms with Crippen molar-refractivity contribution in [3.05, 3.63) is 53.4 Å². The number of nitrogens with zero attached hydrogens (tertiary/aromatic N) is 2. The molecule has 1 aromatic carbocycles. The van der Waals surface area contributed by atoms with Crippen molar-refractivity contribution in [2.45, 2.75) is 32.9 Å². The zero-order valence-corrected chi connectivity index (χ0v) is 15.2. The normalized spacial score (nSPS) is 11.3. The number of rotatable bonds is 6.